The zero-order valence-electron chi connectivity index (χ0n) is 12.8. The topological polar surface area (TPSA) is 65.5 Å². The fourth-order valence-electron chi connectivity index (χ4n) is 1.96. The van der Waals surface area contributed by atoms with Crippen molar-refractivity contribution in [1.29, 1.82) is 0 Å². The summed E-state index contributed by atoms with van der Waals surface area (Å²) in [5.74, 6) is -0.0953. The highest BCUT2D eigenvalue weighted by Gasteiger charge is 2.10. The number of aliphatic hydroxyl groups is 1. The predicted molar refractivity (Wildman–Crippen MR) is 90.0 cm³/mol. The van der Waals surface area contributed by atoms with Crippen LogP contribution in [0.4, 0.5) is 5.13 Å². The summed E-state index contributed by atoms with van der Waals surface area (Å²) in [4.78, 5) is 18.3. The molecule has 0 bridgehead atoms. The van der Waals surface area contributed by atoms with Crippen LogP contribution in [0.5, 0.6) is 0 Å². The predicted octanol–water partition coefficient (Wildman–Crippen LogP) is 2.45. The van der Waals surface area contributed by atoms with Gasteiger partial charge in [0.05, 0.1) is 18.3 Å². The van der Waals surface area contributed by atoms with Crippen LogP contribution < -0.4 is 5.32 Å². The maximum absolute atomic E-state index is 12.0. The summed E-state index contributed by atoms with van der Waals surface area (Å²) in [6, 6.07) is 9.87. The van der Waals surface area contributed by atoms with Gasteiger partial charge in [0.2, 0.25) is 5.91 Å². The molecule has 1 aromatic heterocycles. The van der Waals surface area contributed by atoms with Crippen molar-refractivity contribution in [2.45, 2.75) is 19.4 Å². The Morgan fingerprint density at radius 2 is 2.14 bits per heavy atom. The van der Waals surface area contributed by atoms with Crippen LogP contribution >= 0.6 is 11.3 Å². The summed E-state index contributed by atoms with van der Waals surface area (Å²) in [6.45, 7) is 2.71. The maximum atomic E-state index is 12.0. The van der Waals surface area contributed by atoms with Gasteiger partial charge in [0.15, 0.2) is 5.13 Å². The number of aromatic nitrogens is 1. The number of likely N-dealkylation sites (N-methyl/N-ethyl adjacent to an activating group) is 1. The zero-order valence-corrected chi connectivity index (χ0v) is 13.6. The molecule has 1 atom stereocenters. The molecule has 118 valence electrons. The fraction of sp³-hybridized carbons (Fsp3) is 0.375. The summed E-state index contributed by atoms with van der Waals surface area (Å²) >= 11 is 1.42. The number of hydrogen-bond acceptors (Lipinski definition) is 5. The highest BCUT2D eigenvalue weighted by atomic mass is 32.1. The van der Waals surface area contributed by atoms with Crippen molar-refractivity contribution >= 4 is 22.4 Å². The number of amides is 1. The van der Waals surface area contributed by atoms with Crippen LogP contribution in [0.1, 0.15) is 13.3 Å². The molecule has 6 heteroatoms. The van der Waals surface area contributed by atoms with Crippen LogP contribution in [0.2, 0.25) is 0 Å². The van der Waals surface area contributed by atoms with E-state index in [0.717, 1.165) is 11.3 Å². The molecule has 1 aromatic carbocycles. The Morgan fingerprint density at radius 3 is 2.82 bits per heavy atom. The SMILES string of the molecule is CC(O)CCN(C)CC(=O)Nc1nc(-c2ccccc2)cs1. The first-order valence-corrected chi connectivity index (χ1v) is 8.10. The Bertz CT molecular complexity index is 598. The smallest absolute Gasteiger partial charge is 0.240 e. The first kappa shape index (κ1) is 16.6. The third-order valence-electron chi connectivity index (χ3n) is 3.16. The number of carbonyl (C=O) groups is 1. The molecule has 0 aliphatic heterocycles. The van der Waals surface area contributed by atoms with Crippen molar-refractivity contribution < 1.29 is 9.90 Å². The molecule has 0 spiro atoms. The molecule has 0 aliphatic carbocycles. The van der Waals surface area contributed by atoms with Gasteiger partial charge in [0, 0.05) is 17.5 Å². The largest absolute Gasteiger partial charge is 0.393 e. The van der Waals surface area contributed by atoms with Gasteiger partial charge in [-0.2, -0.15) is 0 Å². The van der Waals surface area contributed by atoms with Crippen LogP contribution in [-0.4, -0.2) is 47.1 Å². The van der Waals surface area contributed by atoms with E-state index in [1.54, 1.807) is 6.92 Å². The number of thiazole rings is 1. The molecule has 2 aromatic rings. The van der Waals surface area contributed by atoms with E-state index in [9.17, 15) is 9.90 Å². The van der Waals surface area contributed by atoms with Gasteiger partial charge in [0.25, 0.3) is 0 Å². The number of rotatable bonds is 7. The van der Waals surface area contributed by atoms with E-state index in [1.165, 1.54) is 11.3 Å². The Morgan fingerprint density at radius 1 is 1.41 bits per heavy atom. The minimum absolute atomic E-state index is 0.0953. The number of hydrogen-bond donors (Lipinski definition) is 2. The molecule has 0 fully saturated rings. The van der Waals surface area contributed by atoms with E-state index in [2.05, 4.69) is 10.3 Å². The number of nitrogens with one attached hydrogen (secondary N) is 1. The van der Waals surface area contributed by atoms with Gasteiger partial charge in [-0.3, -0.25) is 9.69 Å². The number of anilines is 1. The maximum Gasteiger partial charge on any atom is 0.240 e. The average Bonchev–Trinajstić information content (AvgIpc) is 2.94. The summed E-state index contributed by atoms with van der Waals surface area (Å²) in [6.07, 6.45) is 0.303. The van der Waals surface area contributed by atoms with Crippen molar-refractivity contribution in [2.24, 2.45) is 0 Å². The van der Waals surface area contributed by atoms with E-state index in [1.807, 2.05) is 47.7 Å². The molecule has 2 rings (SSSR count). The van der Waals surface area contributed by atoms with Gasteiger partial charge in [-0.15, -0.1) is 11.3 Å². The molecule has 0 radical (unpaired) electrons. The van der Waals surface area contributed by atoms with Gasteiger partial charge in [0.1, 0.15) is 0 Å². The molecule has 1 amide bonds. The van der Waals surface area contributed by atoms with Crippen molar-refractivity contribution in [3.8, 4) is 11.3 Å². The van der Waals surface area contributed by atoms with Gasteiger partial charge < -0.3 is 10.4 Å². The molecular weight excluding hydrogens is 298 g/mol. The lowest BCUT2D eigenvalue weighted by Crippen LogP contribution is -2.31. The first-order chi connectivity index (χ1) is 10.5. The van der Waals surface area contributed by atoms with Crippen LogP contribution in [0, 0.1) is 0 Å². The van der Waals surface area contributed by atoms with Crippen LogP contribution in [-0.2, 0) is 4.79 Å². The van der Waals surface area contributed by atoms with Crippen LogP contribution in [0.3, 0.4) is 0 Å². The molecule has 1 unspecified atom stereocenters. The van der Waals surface area contributed by atoms with Crippen molar-refractivity contribution in [2.75, 3.05) is 25.5 Å². The van der Waals surface area contributed by atoms with Crippen LogP contribution in [0.15, 0.2) is 35.7 Å². The molecule has 5 nitrogen and oxygen atoms in total. The second kappa shape index (κ2) is 8.03. The van der Waals surface area contributed by atoms with Gasteiger partial charge in [-0.1, -0.05) is 30.3 Å². The molecule has 0 saturated carbocycles. The van der Waals surface area contributed by atoms with E-state index in [4.69, 9.17) is 0 Å². The lowest BCUT2D eigenvalue weighted by molar-refractivity contribution is -0.117. The summed E-state index contributed by atoms with van der Waals surface area (Å²) in [7, 11) is 1.86. The zero-order chi connectivity index (χ0) is 15.9. The number of benzene rings is 1. The Balaban J connectivity index is 1.86. The summed E-state index contributed by atoms with van der Waals surface area (Å²) in [5, 5.41) is 14.6. The second-order valence-electron chi connectivity index (χ2n) is 5.33. The quantitative estimate of drug-likeness (QED) is 0.823. The monoisotopic (exact) mass is 319 g/mol. The minimum Gasteiger partial charge on any atom is -0.393 e. The third kappa shape index (κ3) is 5.22. The summed E-state index contributed by atoms with van der Waals surface area (Å²) < 4.78 is 0. The third-order valence-corrected chi connectivity index (χ3v) is 3.92. The van der Waals surface area contributed by atoms with Crippen molar-refractivity contribution in [3.05, 3.63) is 35.7 Å². The van der Waals surface area contributed by atoms with E-state index >= 15 is 0 Å². The van der Waals surface area contributed by atoms with Gasteiger partial charge in [-0.25, -0.2) is 4.98 Å². The van der Waals surface area contributed by atoms with Crippen LogP contribution in [0.25, 0.3) is 11.3 Å². The summed E-state index contributed by atoms with van der Waals surface area (Å²) in [5.41, 5.74) is 1.90. The van der Waals surface area contributed by atoms with Gasteiger partial charge >= 0.3 is 0 Å². The van der Waals surface area contributed by atoms with Crippen molar-refractivity contribution in [3.63, 3.8) is 0 Å². The Kier molecular flexibility index (Phi) is 6.06. The highest BCUT2D eigenvalue weighted by molar-refractivity contribution is 7.14. The van der Waals surface area contributed by atoms with Gasteiger partial charge in [-0.05, 0) is 20.4 Å². The normalized spacial score (nSPS) is 12.4. The molecule has 22 heavy (non-hydrogen) atoms. The lowest BCUT2D eigenvalue weighted by atomic mass is 10.2. The minimum atomic E-state index is -0.349. The fourth-order valence-corrected chi connectivity index (χ4v) is 2.70. The molecular formula is C16H21N3O2S. The highest BCUT2D eigenvalue weighted by Crippen LogP contribution is 2.24. The molecule has 1 heterocycles. The van der Waals surface area contributed by atoms with E-state index < -0.39 is 0 Å². The molecule has 2 N–H and O–H groups in total. The number of carbonyl (C=O) groups excluding carboxylic acids is 1. The Labute approximate surface area is 134 Å². The second-order valence-corrected chi connectivity index (χ2v) is 6.19. The Hall–Kier alpha value is -1.76. The van der Waals surface area contributed by atoms with E-state index in [0.29, 0.717) is 18.1 Å². The van der Waals surface area contributed by atoms with E-state index in [-0.39, 0.29) is 18.6 Å². The first-order valence-electron chi connectivity index (χ1n) is 7.22. The molecule has 0 aliphatic rings. The lowest BCUT2D eigenvalue weighted by Gasteiger charge is -2.16. The van der Waals surface area contributed by atoms with Crippen molar-refractivity contribution in [1.82, 2.24) is 9.88 Å². The average molecular weight is 319 g/mol. The number of nitrogens with zero attached hydrogens (tertiary/aromatic N) is 2. The number of aliphatic hydroxyl groups excluding tert-OH is 1. The standard InChI is InChI=1S/C16H21N3O2S/c1-12(20)8-9-19(2)10-15(21)18-16-17-14(11-22-16)13-6-4-3-5-7-13/h3-7,11-12,20H,8-10H2,1-2H3,(H,17,18,21). The molecule has 0 saturated heterocycles.